The first kappa shape index (κ1) is 22.1. The number of sulfonamides is 1. The van der Waals surface area contributed by atoms with Crippen LogP contribution in [0.3, 0.4) is 0 Å². The maximum atomic E-state index is 13.3. The topological polar surface area (TPSA) is 66.5 Å². The summed E-state index contributed by atoms with van der Waals surface area (Å²) >= 11 is 11.8. The van der Waals surface area contributed by atoms with Gasteiger partial charge in [-0.3, -0.25) is 9.10 Å². The monoisotopic (exact) mass is 466 g/mol. The Labute approximate surface area is 184 Å². The van der Waals surface area contributed by atoms with E-state index in [0.717, 1.165) is 10.4 Å². The van der Waals surface area contributed by atoms with E-state index in [1.54, 1.807) is 37.3 Å². The summed E-state index contributed by atoms with van der Waals surface area (Å²) in [5, 5.41) is 2.71. The van der Waals surface area contributed by atoms with Gasteiger partial charge in [0, 0.05) is 10.7 Å². The molecule has 0 radical (unpaired) electrons. The van der Waals surface area contributed by atoms with E-state index in [0.29, 0.717) is 10.6 Å². The molecule has 3 aromatic rings. The fraction of sp³-hybridized carbons (Fsp3) is 0.0952. The first-order chi connectivity index (χ1) is 14.2. The number of rotatable bonds is 6. The molecule has 0 aliphatic rings. The van der Waals surface area contributed by atoms with Crippen LogP contribution in [-0.4, -0.2) is 20.9 Å². The van der Waals surface area contributed by atoms with Crippen molar-refractivity contribution in [3.8, 4) is 0 Å². The van der Waals surface area contributed by atoms with Crippen LogP contribution in [0.2, 0.25) is 10.0 Å². The van der Waals surface area contributed by atoms with Gasteiger partial charge in [-0.2, -0.15) is 0 Å². The van der Waals surface area contributed by atoms with Crippen molar-refractivity contribution in [2.75, 3.05) is 16.2 Å². The summed E-state index contributed by atoms with van der Waals surface area (Å²) in [5.41, 5.74) is 1.14. The largest absolute Gasteiger partial charge is 0.324 e. The molecule has 3 rings (SSSR count). The molecule has 0 saturated carbocycles. The van der Waals surface area contributed by atoms with E-state index in [1.807, 2.05) is 0 Å². The average Bonchev–Trinajstić information content (AvgIpc) is 2.71. The van der Waals surface area contributed by atoms with Gasteiger partial charge in [0.15, 0.2) is 0 Å². The predicted octanol–water partition coefficient (Wildman–Crippen LogP) is 5.27. The van der Waals surface area contributed by atoms with Crippen molar-refractivity contribution in [1.29, 1.82) is 0 Å². The summed E-state index contributed by atoms with van der Waals surface area (Å²) < 4.78 is 41.0. The summed E-state index contributed by atoms with van der Waals surface area (Å²) in [6.07, 6.45) is 0. The molecule has 1 N–H and O–H groups in total. The average molecular weight is 467 g/mol. The number of nitrogens with one attached hydrogen (secondary N) is 1. The molecular formula is C21H17Cl2FN2O3S. The smallest absolute Gasteiger partial charge is 0.264 e. The number of amides is 1. The molecule has 0 heterocycles. The Morgan fingerprint density at radius 3 is 2.40 bits per heavy atom. The number of aryl methyl sites for hydroxylation is 1. The number of hydrogen-bond acceptors (Lipinski definition) is 3. The summed E-state index contributed by atoms with van der Waals surface area (Å²) in [6.45, 7) is 1.20. The summed E-state index contributed by atoms with van der Waals surface area (Å²) in [6, 6.07) is 16.2. The second-order valence-electron chi connectivity index (χ2n) is 6.43. The van der Waals surface area contributed by atoms with E-state index >= 15 is 0 Å². The van der Waals surface area contributed by atoms with Gasteiger partial charge < -0.3 is 5.32 Å². The molecule has 0 atom stereocenters. The van der Waals surface area contributed by atoms with Gasteiger partial charge in [-0.05, 0) is 55.0 Å². The van der Waals surface area contributed by atoms with Gasteiger partial charge in [-0.1, -0.05) is 47.5 Å². The molecule has 0 saturated heterocycles. The molecule has 0 bridgehead atoms. The number of benzene rings is 3. The van der Waals surface area contributed by atoms with Crippen molar-refractivity contribution in [2.24, 2.45) is 0 Å². The Bertz CT molecular complexity index is 1190. The lowest BCUT2D eigenvalue weighted by Crippen LogP contribution is -2.38. The Hall–Kier alpha value is -2.61. The summed E-state index contributed by atoms with van der Waals surface area (Å²) in [4.78, 5) is 12.7. The quantitative estimate of drug-likeness (QED) is 0.537. The number of carbonyl (C=O) groups excluding carboxylic acids is 1. The minimum atomic E-state index is -4.07. The van der Waals surface area contributed by atoms with Crippen molar-refractivity contribution < 1.29 is 17.6 Å². The fourth-order valence-electron chi connectivity index (χ4n) is 2.78. The van der Waals surface area contributed by atoms with E-state index < -0.39 is 28.3 Å². The highest BCUT2D eigenvalue weighted by molar-refractivity contribution is 7.92. The molecule has 0 unspecified atom stereocenters. The molecule has 0 aromatic heterocycles. The first-order valence-electron chi connectivity index (χ1n) is 8.77. The minimum Gasteiger partial charge on any atom is -0.324 e. The Morgan fingerprint density at radius 2 is 1.73 bits per heavy atom. The third-order valence-electron chi connectivity index (χ3n) is 4.26. The lowest BCUT2D eigenvalue weighted by Gasteiger charge is -2.26. The number of carbonyl (C=O) groups is 1. The van der Waals surface area contributed by atoms with E-state index in [4.69, 9.17) is 23.2 Å². The zero-order valence-electron chi connectivity index (χ0n) is 15.8. The highest BCUT2D eigenvalue weighted by Crippen LogP contribution is 2.29. The lowest BCUT2D eigenvalue weighted by atomic mass is 10.2. The van der Waals surface area contributed by atoms with Gasteiger partial charge >= 0.3 is 0 Å². The third kappa shape index (κ3) is 4.92. The molecule has 156 valence electrons. The fourth-order valence-corrected chi connectivity index (χ4v) is 4.62. The molecule has 0 aliphatic carbocycles. The molecule has 9 heteroatoms. The zero-order chi connectivity index (χ0) is 21.9. The van der Waals surface area contributed by atoms with Crippen LogP contribution in [0.4, 0.5) is 15.8 Å². The molecule has 0 fully saturated rings. The molecular weight excluding hydrogens is 450 g/mol. The van der Waals surface area contributed by atoms with Crippen LogP contribution in [0.15, 0.2) is 71.6 Å². The van der Waals surface area contributed by atoms with E-state index in [9.17, 15) is 17.6 Å². The van der Waals surface area contributed by atoms with Crippen molar-refractivity contribution in [1.82, 2.24) is 0 Å². The normalized spacial score (nSPS) is 11.2. The van der Waals surface area contributed by atoms with Gasteiger partial charge in [0.2, 0.25) is 5.91 Å². The predicted molar refractivity (Wildman–Crippen MR) is 117 cm³/mol. The van der Waals surface area contributed by atoms with Crippen LogP contribution in [0.25, 0.3) is 0 Å². The summed E-state index contributed by atoms with van der Waals surface area (Å²) in [5.74, 6) is -1.26. The molecule has 0 spiro atoms. The number of hydrogen-bond donors (Lipinski definition) is 1. The van der Waals surface area contributed by atoms with E-state index in [1.165, 1.54) is 30.3 Å². The van der Waals surface area contributed by atoms with Crippen LogP contribution in [0, 0.1) is 12.7 Å². The van der Waals surface area contributed by atoms with Crippen molar-refractivity contribution >= 4 is 50.5 Å². The maximum Gasteiger partial charge on any atom is 0.264 e. The molecule has 1 amide bonds. The van der Waals surface area contributed by atoms with Gasteiger partial charge in [-0.25, -0.2) is 12.8 Å². The second kappa shape index (κ2) is 9.04. The minimum absolute atomic E-state index is 0.0296. The molecule has 5 nitrogen and oxygen atoms in total. The van der Waals surface area contributed by atoms with Gasteiger partial charge in [-0.15, -0.1) is 0 Å². The van der Waals surface area contributed by atoms with Crippen molar-refractivity contribution in [3.05, 3.63) is 88.2 Å². The van der Waals surface area contributed by atoms with Crippen LogP contribution in [0.1, 0.15) is 5.56 Å². The Balaban J connectivity index is 1.98. The molecule has 0 aliphatic heterocycles. The highest BCUT2D eigenvalue weighted by atomic mass is 35.5. The number of anilines is 2. The van der Waals surface area contributed by atoms with Gasteiger partial charge in [0.1, 0.15) is 12.4 Å². The number of nitrogens with zero attached hydrogens (tertiary/aromatic N) is 1. The summed E-state index contributed by atoms with van der Waals surface area (Å²) in [7, 11) is -4.07. The SMILES string of the molecule is Cc1ccc(Cl)cc1N(CC(=O)Nc1ccc(F)c(Cl)c1)S(=O)(=O)c1ccccc1. The molecule has 3 aromatic carbocycles. The second-order valence-corrected chi connectivity index (χ2v) is 9.14. The van der Waals surface area contributed by atoms with Crippen molar-refractivity contribution in [3.63, 3.8) is 0 Å². The van der Waals surface area contributed by atoms with Crippen LogP contribution >= 0.6 is 23.2 Å². The highest BCUT2D eigenvalue weighted by Gasteiger charge is 2.28. The third-order valence-corrected chi connectivity index (χ3v) is 6.56. The first-order valence-corrected chi connectivity index (χ1v) is 11.0. The van der Waals surface area contributed by atoms with Crippen LogP contribution in [0.5, 0.6) is 0 Å². The maximum absolute atomic E-state index is 13.3. The Kier molecular flexibility index (Phi) is 6.65. The number of halogens is 3. The van der Waals surface area contributed by atoms with E-state index in [-0.39, 0.29) is 21.3 Å². The van der Waals surface area contributed by atoms with Crippen LogP contribution < -0.4 is 9.62 Å². The van der Waals surface area contributed by atoms with Crippen LogP contribution in [-0.2, 0) is 14.8 Å². The van der Waals surface area contributed by atoms with Gasteiger partial charge in [0.25, 0.3) is 10.0 Å². The van der Waals surface area contributed by atoms with Gasteiger partial charge in [0.05, 0.1) is 15.6 Å². The zero-order valence-corrected chi connectivity index (χ0v) is 18.1. The van der Waals surface area contributed by atoms with E-state index in [2.05, 4.69) is 5.32 Å². The molecule has 30 heavy (non-hydrogen) atoms. The lowest BCUT2D eigenvalue weighted by molar-refractivity contribution is -0.114. The van der Waals surface area contributed by atoms with Crippen molar-refractivity contribution in [2.45, 2.75) is 11.8 Å². The standard InChI is InChI=1S/C21H17Cl2FN2O3S/c1-14-7-8-15(22)11-20(14)26(30(28,29)17-5-3-2-4-6-17)13-21(27)25-16-9-10-19(24)18(23)12-16/h2-12H,13H2,1H3,(H,25,27). The Morgan fingerprint density at radius 1 is 1.03 bits per heavy atom.